The Kier molecular flexibility index (Phi) is 7.76. The number of halogens is 4. The van der Waals surface area contributed by atoms with Gasteiger partial charge in [0.05, 0.1) is 15.9 Å². The fraction of sp³-hybridized carbons (Fsp3) is 0.0833. The molecule has 33 heavy (non-hydrogen) atoms. The molecule has 0 atom stereocenters. The molecule has 1 aliphatic rings. The van der Waals surface area contributed by atoms with Crippen LogP contribution in [0.1, 0.15) is 16.7 Å². The number of benzene rings is 3. The number of carbonyl (C=O) groups is 1. The standard InChI is InChI=1S/C24H15BrCl2FNO2S2/c25-19-9-15(3-8-21(19)31-13-16-4-5-17(26)11-20(16)27)10-22-23(30)29(24(32)33-22)12-14-1-6-18(28)7-2-14/h1-11H,12-13H2/b22-10-. The van der Waals surface area contributed by atoms with Gasteiger partial charge in [0.15, 0.2) is 0 Å². The summed E-state index contributed by atoms with van der Waals surface area (Å²) in [6, 6.07) is 16.8. The van der Waals surface area contributed by atoms with Gasteiger partial charge in [-0.05, 0) is 69.5 Å². The van der Waals surface area contributed by atoms with Gasteiger partial charge in [-0.2, -0.15) is 0 Å². The number of ether oxygens (including phenoxy) is 1. The summed E-state index contributed by atoms with van der Waals surface area (Å²) in [5.41, 5.74) is 2.45. The Morgan fingerprint density at radius 1 is 1.09 bits per heavy atom. The first-order valence-corrected chi connectivity index (χ1v) is 12.4. The molecule has 168 valence electrons. The van der Waals surface area contributed by atoms with Crippen LogP contribution in [0.3, 0.4) is 0 Å². The van der Waals surface area contributed by atoms with Gasteiger partial charge in [0.2, 0.25) is 0 Å². The molecule has 0 bridgehead atoms. The molecular formula is C24H15BrCl2FNO2S2. The molecule has 1 amide bonds. The maximum absolute atomic E-state index is 13.1. The number of thiocarbonyl (C=S) groups is 1. The van der Waals surface area contributed by atoms with E-state index in [4.69, 9.17) is 40.2 Å². The number of hydrogen-bond acceptors (Lipinski definition) is 4. The van der Waals surface area contributed by atoms with Gasteiger partial charge in [-0.25, -0.2) is 4.39 Å². The van der Waals surface area contributed by atoms with Gasteiger partial charge in [0.1, 0.15) is 22.5 Å². The lowest BCUT2D eigenvalue weighted by atomic mass is 10.2. The number of rotatable bonds is 6. The van der Waals surface area contributed by atoms with Gasteiger partial charge >= 0.3 is 0 Å². The second kappa shape index (κ2) is 10.6. The Hall–Kier alpha value is -1.90. The second-order valence-electron chi connectivity index (χ2n) is 7.11. The highest BCUT2D eigenvalue weighted by Gasteiger charge is 2.32. The van der Waals surface area contributed by atoms with E-state index in [9.17, 15) is 9.18 Å². The fourth-order valence-electron chi connectivity index (χ4n) is 3.08. The van der Waals surface area contributed by atoms with E-state index in [-0.39, 0.29) is 18.3 Å². The summed E-state index contributed by atoms with van der Waals surface area (Å²) >= 11 is 22.3. The fourth-order valence-corrected chi connectivity index (χ4v) is 5.31. The Bertz CT molecular complexity index is 1270. The minimum absolute atomic E-state index is 0.178. The third-order valence-electron chi connectivity index (χ3n) is 4.78. The molecule has 0 N–H and O–H groups in total. The van der Waals surface area contributed by atoms with Crippen LogP contribution >= 0.6 is 63.1 Å². The van der Waals surface area contributed by atoms with Gasteiger partial charge < -0.3 is 4.74 Å². The molecule has 4 rings (SSSR count). The number of thioether (sulfide) groups is 1. The van der Waals surface area contributed by atoms with Crippen molar-refractivity contribution in [2.45, 2.75) is 13.2 Å². The van der Waals surface area contributed by atoms with Gasteiger partial charge in [-0.15, -0.1) is 0 Å². The average molecular weight is 583 g/mol. The summed E-state index contributed by atoms with van der Waals surface area (Å²) in [6.07, 6.45) is 1.79. The van der Waals surface area contributed by atoms with Crippen molar-refractivity contribution in [3.63, 3.8) is 0 Å². The van der Waals surface area contributed by atoms with E-state index in [1.54, 1.807) is 30.3 Å². The van der Waals surface area contributed by atoms with Crippen molar-refractivity contribution < 1.29 is 13.9 Å². The predicted octanol–water partition coefficient (Wildman–Crippen LogP) is 7.88. The third-order valence-corrected chi connectivity index (χ3v) is 7.36. The molecule has 0 radical (unpaired) electrons. The summed E-state index contributed by atoms with van der Waals surface area (Å²) in [5.74, 6) is 0.142. The molecule has 0 spiro atoms. The van der Waals surface area contributed by atoms with Crippen LogP contribution in [-0.4, -0.2) is 15.1 Å². The molecule has 1 saturated heterocycles. The first-order chi connectivity index (χ1) is 15.8. The van der Waals surface area contributed by atoms with Gasteiger partial charge in [0.25, 0.3) is 5.91 Å². The summed E-state index contributed by atoms with van der Waals surface area (Å²) in [5, 5.41) is 1.11. The average Bonchev–Trinajstić information content (AvgIpc) is 3.03. The number of nitrogens with zero attached hydrogens (tertiary/aromatic N) is 1. The zero-order valence-corrected chi connectivity index (χ0v) is 21.6. The molecule has 0 saturated carbocycles. The van der Waals surface area contributed by atoms with E-state index < -0.39 is 0 Å². The molecule has 3 nitrogen and oxygen atoms in total. The molecule has 9 heteroatoms. The van der Waals surface area contributed by atoms with Crippen molar-refractivity contribution in [1.29, 1.82) is 0 Å². The topological polar surface area (TPSA) is 29.5 Å². The Morgan fingerprint density at radius 3 is 2.55 bits per heavy atom. The molecule has 0 aromatic heterocycles. The highest BCUT2D eigenvalue weighted by atomic mass is 79.9. The highest BCUT2D eigenvalue weighted by Crippen LogP contribution is 2.35. The minimum Gasteiger partial charge on any atom is -0.488 e. The lowest BCUT2D eigenvalue weighted by Crippen LogP contribution is -2.27. The van der Waals surface area contributed by atoms with Crippen molar-refractivity contribution in [3.05, 3.63) is 103 Å². The maximum Gasteiger partial charge on any atom is 0.266 e. The summed E-state index contributed by atoms with van der Waals surface area (Å²) in [4.78, 5) is 14.9. The minimum atomic E-state index is -0.321. The SMILES string of the molecule is O=C1/C(=C/c2ccc(OCc3ccc(Cl)cc3Cl)c(Br)c2)SC(=S)N1Cc1ccc(F)cc1. The van der Waals surface area contributed by atoms with Gasteiger partial charge in [-0.1, -0.05) is 71.4 Å². The van der Waals surface area contributed by atoms with Crippen LogP contribution in [0.5, 0.6) is 5.75 Å². The zero-order chi connectivity index (χ0) is 23.5. The van der Waals surface area contributed by atoms with E-state index in [0.29, 0.717) is 31.6 Å². The molecule has 3 aromatic rings. The van der Waals surface area contributed by atoms with Crippen LogP contribution in [0.25, 0.3) is 6.08 Å². The van der Waals surface area contributed by atoms with Crippen LogP contribution in [-0.2, 0) is 17.9 Å². The number of hydrogen-bond donors (Lipinski definition) is 0. The van der Waals surface area contributed by atoms with Crippen LogP contribution < -0.4 is 4.74 Å². The van der Waals surface area contributed by atoms with Crippen molar-refractivity contribution in [2.24, 2.45) is 0 Å². The molecule has 1 fully saturated rings. The predicted molar refractivity (Wildman–Crippen MR) is 140 cm³/mol. The van der Waals surface area contributed by atoms with Crippen LogP contribution in [0.15, 0.2) is 70.0 Å². The molecule has 1 heterocycles. The zero-order valence-electron chi connectivity index (χ0n) is 16.9. The summed E-state index contributed by atoms with van der Waals surface area (Å²) in [6.45, 7) is 0.585. The molecule has 3 aromatic carbocycles. The monoisotopic (exact) mass is 581 g/mol. The number of amides is 1. The lowest BCUT2D eigenvalue weighted by molar-refractivity contribution is -0.122. The highest BCUT2D eigenvalue weighted by molar-refractivity contribution is 9.10. The van der Waals surface area contributed by atoms with Crippen molar-refractivity contribution in [1.82, 2.24) is 4.90 Å². The van der Waals surface area contributed by atoms with Crippen LogP contribution in [0.2, 0.25) is 10.0 Å². The van der Waals surface area contributed by atoms with E-state index in [0.717, 1.165) is 21.2 Å². The smallest absolute Gasteiger partial charge is 0.266 e. The summed E-state index contributed by atoms with van der Waals surface area (Å²) < 4.78 is 20.2. The van der Waals surface area contributed by atoms with Crippen molar-refractivity contribution in [2.75, 3.05) is 0 Å². The largest absolute Gasteiger partial charge is 0.488 e. The maximum atomic E-state index is 13.1. The Morgan fingerprint density at radius 2 is 1.85 bits per heavy atom. The molecule has 1 aliphatic heterocycles. The molecular weight excluding hydrogens is 568 g/mol. The Balaban J connectivity index is 1.45. The van der Waals surface area contributed by atoms with Gasteiger partial charge in [-0.3, -0.25) is 9.69 Å². The van der Waals surface area contributed by atoms with Crippen molar-refractivity contribution in [3.8, 4) is 5.75 Å². The van der Waals surface area contributed by atoms with Crippen LogP contribution in [0.4, 0.5) is 4.39 Å². The van der Waals surface area contributed by atoms with E-state index >= 15 is 0 Å². The molecule has 0 unspecified atom stereocenters. The first kappa shape index (κ1) is 24.2. The lowest BCUT2D eigenvalue weighted by Gasteiger charge is -2.14. The first-order valence-electron chi connectivity index (χ1n) is 9.66. The van der Waals surface area contributed by atoms with Crippen LogP contribution in [0, 0.1) is 5.82 Å². The normalized spacial score (nSPS) is 14.9. The number of carbonyl (C=O) groups excluding carboxylic acids is 1. The van der Waals surface area contributed by atoms with E-state index in [1.165, 1.54) is 28.8 Å². The van der Waals surface area contributed by atoms with Gasteiger partial charge in [0, 0.05) is 15.6 Å². The Labute approximate surface area is 218 Å². The summed E-state index contributed by atoms with van der Waals surface area (Å²) in [7, 11) is 0. The quantitative estimate of drug-likeness (QED) is 0.218. The van der Waals surface area contributed by atoms with E-state index in [2.05, 4.69) is 15.9 Å². The van der Waals surface area contributed by atoms with Crippen molar-refractivity contribution >= 4 is 79.4 Å². The van der Waals surface area contributed by atoms with E-state index in [1.807, 2.05) is 24.3 Å². The third kappa shape index (κ3) is 5.97. The second-order valence-corrected chi connectivity index (χ2v) is 10.5. The molecule has 0 aliphatic carbocycles.